The zero-order valence-electron chi connectivity index (χ0n) is 12.4. The van der Waals surface area contributed by atoms with Gasteiger partial charge >= 0.3 is 0 Å². The van der Waals surface area contributed by atoms with Crippen molar-refractivity contribution >= 4 is 17.3 Å². The van der Waals surface area contributed by atoms with Crippen molar-refractivity contribution in [2.75, 3.05) is 23.8 Å². The molecule has 4 nitrogen and oxygen atoms in total. The quantitative estimate of drug-likeness (QED) is 0.892. The minimum atomic E-state index is -0.00908. The van der Waals surface area contributed by atoms with Crippen LogP contribution in [0.1, 0.15) is 38.5 Å². The fraction of sp³-hybridized carbons (Fsp3) is 0.588. The SMILES string of the molecule is O=C(Nc1cccc(NC2CCCC2)c1)[C@@H]1CCCOC1. The Hall–Kier alpha value is -1.55. The van der Waals surface area contributed by atoms with Gasteiger partial charge in [0.1, 0.15) is 0 Å². The maximum Gasteiger partial charge on any atom is 0.229 e. The van der Waals surface area contributed by atoms with Gasteiger partial charge in [0.2, 0.25) is 5.91 Å². The summed E-state index contributed by atoms with van der Waals surface area (Å²) in [7, 11) is 0. The van der Waals surface area contributed by atoms with Crippen LogP contribution in [0.25, 0.3) is 0 Å². The van der Waals surface area contributed by atoms with Gasteiger partial charge in [0.05, 0.1) is 12.5 Å². The number of hydrogen-bond donors (Lipinski definition) is 2. The topological polar surface area (TPSA) is 50.4 Å². The molecule has 21 heavy (non-hydrogen) atoms. The van der Waals surface area contributed by atoms with Gasteiger partial charge in [0, 0.05) is 24.0 Å². The zero-order chi connectivity index (χ0) is 14.5. The molecule has 4 heteroatoms. The molecule has 1 saturated carbocycles. The molecule has 1 amide bonds. The van der Waals surface area contributed by atoms with E-state index < -0.39 is 0 Å². The molecule has 1 atom stereocenters. The van der Waals surface area contributed by atoms with E-state index in [4.69, 9.17) is 4.74 Å². The summed E-state index contributed by atoms with van der Waals surface area (Å²) >= 11 is 0. The summed E-state index contributed by atoms with van der Waals surface area (Å²) in [5.41, 5.74) is 1.97. The van der Waals surface area contributed by atoms with E-state index in [1.807, 2.05) is 18.2 Å². The van der Waals surface area contributed by atoms with Crippen LogP contribution in [-0.2, 0) is 9.53 Å². The lowest BCUT2D eigenvalue weighted by molar-refractivity contribution is -0.123. The molecule has 1 heterocycles. The number of nitrogens with one attached hydrogen (secondary N) is 2. The van der Waals surface area contributed by atoms with Gasteiger partial charge in [-0.2, -0.15) is 0 Å². The van der Waals surface area contributed by atoms with E-state index in [-0.39, 0.29) is 11.8 Å². The monoisotopic (exact) mass is 288 g/mol. The van der Waals surface area contributed by atoms with E-state index in [0.717, 1.165) is 30.8 Å². The van der Waals surface area contributed by atoms with Gasteiger partial charge in [-0.1, -0.05) is 18.9 Å². The van der Waals surface area contributed by atoms with Crippen molar-refractivity contribution in [3.05, 3.63) is 24.3 Å². The molecule has 0 bridgehead atoms. The van der Waals surface area contributed by atoms with Crippen molar-refractivity contribution in [1.82, 2.24) is 0 Å². The van der Waals surface area contributed by atoms with Crippen LogP contribution < -0.4 is 10.6 Å². The normalized spacial score (nSPS) is 23.0. The van der Waals surface area contributed by atoms with Crippen molar-refractivity contribution in [1.29, 1.82) is 0 Å². The number of benzene rings is 1. The third-order valence-corrected chi connectivity index (χ3v) is 4.39. The van der Waals surface area contributed by atoms with Gasteiger partial charge in [-0.15, -0.1) is 0 Å². The minimum absolute atomic E-state index is 0.00908. The molecule has 0 aromatic heterocycles. The lowest BCUT2D eigenvalue weighted by Gasteiger charge is -2.21. The summed E-state index contributed by atoms with van der Waals surface area (Å²) in [4.78, 5) is 12.2. The van der Waals surface area contributed by atoms with Crippen LogP contribution in [0.3, 0.4) is 0 Å². The molecular weight excluding hydrogens is 264 g/mol. The second-order valence-electron chi connectivity index (χ2n) is 6.11. The largest absolute Gasteiger partial charge is 0.382 e. The lowest BCUT2D eigenvalue weighted by Crippen LogP contribution is -2.30. The standard InChI is InChI=1S/C17H24N2O2/c20-17(13-5-4-10-21-12-13)19-16-9-3-8-15(11-16)18-14-6-1-2-7-14/h3,8-9,11,13-14,18H,1-2,4-7,10,12H2,(H,19,20)/t13-/m1/s1. The van der Waals surface area contributed by atoms with E-state index in [1.165, 1.54) is 25.7 Å². The summed E-state index contributed by atoms with van der Waals surface area (Å²) in [5, 5.41) is 6.58. The average molecular weight is 288 g/mol. The number of rotatable bonds is 4. The maximum absolute atomic E-state index is 12.2. The lowest BCUT2D eigenvalue weighted by atomic mass is 10.0. The fourth-order valence-electron chi connectivity index (χ4n) is 3.18. The zero-order valence-corrected chi connectivity index (χ0v) is 12.4. The third-order valence-electron chi connectivity index (χ3n) is 4.39. The number of carbonyl (C=O) groups is 1. The molecule has 2 fully saturated rings. The van der Waals surface area contributed by atoms with Crippen LogP contribution in [0.2, 0.25) is 0 Å². The van der Waals surface area contributed by atoms with Crippen LogP contribution in [0.5, 0.6) is 0 Å². The van der Waals surface area contributed by atoms with Crippen molar-refractivity contribution < 1.29 is 9.53 Å². The van der Waals surface area contributed by atoms with Crippen molar-refractivity contribution in [3.63, 3.8) is 0 Å². The highest BCUT2D eigenvalue weighted by molar-refractivity contribution is 5.93. The van der Waals surface area contributed by atoms with Crippen LogP contribution >= 0.6 is 0 Å². The molecular formula is C17H24N2O2. The Kier molecular flexibility index (Phi) is 4.76. The van der Waals surface area contributed by atoms with Gasteiger partial charge < -0.3 is 15.4 Å². The Morgan fingerprint density at radius 2 is 1.90 bits per heavy atom. The van der Waals surface area contributed by atoms with Crippen LogP contribution in [0.4, 0.5) is 11.4 Å². The van der Waals surface area contributed by atoms with Gasteiger partial charge in [-0.25, -0.2) is 0 Å². The summed E-state index contributed by atoms with van der Waals surface area (Å²) in [6.07, 6.45) is 7.02. The van der Waals surface area contributed by atoms with Crippen LogP contribution in [0, 0.1) is 5.92 Å². The molecule has 0 unspecified atom stereocenters. The van der Waals surface area contributed by atoms with Crippen LogP contribution in [-0.4, -0.2) is 25.2 Å². The Morgan fingerprint density at radius 3 is 2.67 bits per heavy atom. The second kappa shape index (κ2) is 6.94. The Bertz CT molecular complexity index is 477. The first-order chi connectivity index (χ1) is 10.3. The molecule has 114 valence electrons. The molecule has 1 saturated heterocycles. The van der Waals surface area contributed by atoms with Crippen LogP contribution in [0.15, 0.2) is 24.3 Å². The molecule has 0 radical (unpaired) electrons. The smallest absolute Gasteiger partial charge is 0.229 e. The molecule has 1 aromatic carbocycles. The number of carbonyl (C=O) groups excluding carboxylic acids is 1. The first kappa shape index (κ1) is 14.4. The Morgan fingerprint density at radius 1 is 1.10 bits per heavy atom. The molecule has 0 spiro atoms. The number of hydrogen-bond acceptors (Lipinski definition) is 3. The highest BCUT2D eigenvalue weighted by Gasteiger charge is 2.22. The highest BCUT2D eigenvalue weighted by Crippen LogP contribution is 2.24. The second-order valence-corrected chi connectivity index (χ2v) is 6.11. The maximum atomic E-state index is 12.2. The van der Waals surface area contributed by atoms with Crippen molar-refractivity contribution in [2.24, 2.45) is 5.92 Å². The van der Waals surface area contributed by atoms with Gasteiger partial charge in [0.15, 0.2) is 0 Å². The van der Waals surface area contributed by atoms with E-state index in [2.05, 4.69) is 16.7 Å². The van der Waals surface area contributed by atoms with E-state index >= 15 is 0 Å². The molecule has 1 aliphatic heterocycles. The van der Waals surface area contributed by atoms with Gasteiger partial charge in [-0.05, 0) is 43.9 Å². The van der Waals surface area contributed by atoms with Crippen molar-refractivity contribution in [2.45, 2.75) is 44.6 Å². The molecule has 1 aromatic rings. The number of anilines is 2. The third kappa shape index (κ3) is 3.97. The average Bonchev–Trinajstić information content (AvgIpc) is 3.01. The Balaban J connectivity index is 1.58. The summed E-state index contributed by atoms with van der Waals surface area (Å²) in [5.74, 6) is 0.0675. The first-order valence-electron chi connectivity index (χ1n) is 8.06. The summed E-state index contributed by atoms with van der Waals surface area (Å²) in [6, 6.07) is 8.62. The molecule has 2 aliphatic rings. The van der Waals surface area contributed by atoms with Gasteiger partial charge in [0.25, 0.3) is 0 Å². The van der Waals surface area contributed by atoms with Gasteiger partial charge in [-0.3, -0.25) is 4.79 Å². The fourth-order valence-corrected chi connectivity index (χ4v) is 3.18. The number of amides is 1. The van der Waals surface area contributed by atoms with E-state index in [9.17, 15) is 4.79 Å². The molecule has 3 rings (SSSR count). The highest BCUT2D eigenvalue weighted by atomic mass is 16.5. The first-order valence-corrected chi connectivity index (χ1v) is 8.06. The summed E-state index contributed by atoms with van der Waals surface area (Å²) in [6.45, 7) is 1.33. The minimum Gasteiger partial charge on any atom is -0.382 e. The van der Waals surface area contributed by atoms with E-state index in [0.29, 0.717) is 12.6 Å². The predicted octanol–water partition coefficient (Wildman–Crippen LogP) is 3.41. The molecule has 1 aliphatic carbocycles. The number of ether oxygens (including phenoxy) is 1. The predicted molar refractivity (Wildman–Crippen MR) is 84.5 cm³/mol. The molecule has 2 N–H and O–H groups in total. The summed E-state index contributed by atoms with van der Waals surface area (Å²) < 4.78 is 5.38. The Labute approximate surface area is 126 Å². The van der Waals surface area contributed by atoms with Crippen molar-refractivity contribution in [3.8, 4) is 0 Å². The van der Waals surface area contributed by atoms with E-state index in [1.54, 1.807) is 0 Å².